The number of rotatable bonds is 3. The highest BCUT2D eigenvalue weighted by Gasteiger charge is 2.33. The van der Waals surface area contributed by atoms with Crippen molar-refractivity contribution < 1.29 is 0 Å². The average Bonchev–Trinajstić information content (AvgIpc) is 2.73. The van der Waals surface area contributed by atoms with E-state index in [4.69, 9.17) is 4.99 Å². The van der Waals surface area contributed by atoms with Crippen molar-refractivity contribution in [1.82, 2.24) is 4.90 Å². The molecule has 27 heavy (non-hydrogen) atoms. The maximum atomic E-state index is 4.95. The van der Waals surface area contributed by atoms with Crippen LogP contribution in [0.2, 0.25) is 0 Å². The fourth-order valence-corrected chi connectivity index (χ4v) is 5.20. The van der Waals surface area contributed by atoms with Gasteiger partial charge in [0.05, 0.1) is 0 Å². The van der Waals surface area contributed by atoms with E-state index in [1.165, 1.54) is 36.2 Å². The molecule has 0 fully saturated rings. The third-order valence-corrected chi connectivity index (χ3v) is 6.68. The highest BCUT2D eigenvalue weighted by atomic mass is 15.2. The van der Waals surface area contributed by atoms with Crippen LogP contribution in [0.15, 0.2) is 64.7 Å². The lowest BCUT2D eigenvalue weighted by Crippen LogP contribution is -2.40. The number of hydrogen-bond acceptors (Lipinski definition) is 2. The van der Waals surface area contributed by atoms with E-state index in [0.717, 1.165) is 32.4 Å². The van der Waals surface area contributed by atoms with Gasteiger partial charge in [0, 0.05) is 37.8 Å². The van der Waals surface area contributed by atoms with E-state index >= 15 is 0 Å². The molecule has 0 radical (unpaired) electrons. The Morgan fingerprint density at radius 3 is 2.67 bits per heavy atom. The summed E-state index contributed by atoms with van der Waals surface area (Å²) in [5.74, 6) is 0. The average molecular weight is 357 g/mol. The summed E-state index contributed by atoms with van der Waals surface area (Å²) in [4.78, 5) is 7.66. The minimum absolute atomic E-state index is 0.555. The zero-order chi connectivity index (χ0) is 18.2. The van der Waals surface area contributed by atoms with Gasteiger partial charge < -0.3 is 0 Å². The molecule has 1 atom stereocenters. The van der Waals surface area contributed by atoms with Gasteiger partial charge in [-0.2, -0.15) is 0 Å². The zero-order valence-electron chi connectivity index (χ0n) is 16.2. The van der Waals surface area contributed by atoms with Crippen LogP contribution in [0.25, 0.3) is 0 Å². The Bertz CT molecular complexity index is 921. The predicted molar refractivity (Wildman–Crippen MR) is 113 cm³/mol. The Morgan fingerprint density at radius 2 is 1.78 bits per heavy atom. The molecule has 2 nitrogen and oxygen atoms in total. The lowest BCUT2D eigenvalue weighted by molar-refractivity contribution is 0.184. The quantitative estimate of drug-likeness (QED) is 0.696. The van der Waals surface area contributed by atoms with Crippen LogP contribution in [0.5, 0.6) is 0 Å². The number of benzene rings is 2. The SMILES string of the molecule is CCC1=C(CC2=NCCc3ccccc32)C[C@H]2c3ccccc3CCN2C1. The van der Waals surface area contributed by atoms with Crippen LogP contribution in [0.4, 0.5) is 0 Å². The van der Waals surface area contributed by atoms with E-state index in [2.05, 4.69) is 60.4 Å². The van der Waals surface area contributed by atoms with Crippen molar-refractivity contribution in [3.05, 3.63) is 81.9 Å². The number of fused-ring (bicyclic) bond motifs is 4. The van der Waals surface area contributed by atoms with E-state index < -0.39 is 0 Å². The molecule has 0 N–H and O–H groups in total. The molecule has 0 aromatic heterocycles. The predicted octanol–water partition coefficient (Wildman–Crippen LogP) is 5.13. The third kappa shape index (κ3) is 3.06. The molecule has 0 bridgehead atoms. The van der Waals surface area contributed by atoms with Gasteiger partial charge in [-0.15, -0.1) is 0 Å². The summed E-state index contributed by atoms with van der Waals surface area (Å²) in [7, 11) is 0. The van der Waals surface area contributed by atoms with Crippen LogP contribution < -0.4 is 0 Å². The van der Waals surface area contributed by atoms with Crippen molar-refractivity contribution in [3.63, 3.8) is 0 Å². The summed E-state index contributed by atoms with van der Waals surface area (Å²) < 4.78 is 0. The van der Waals surface area contributed by atoms with Gasteiger partial charge in [-0.25, -0.2) is 0 Å². The van der Waals surface area contributed by atoms with E-state index in [1.54, 1.807) is 22.3 Å². The largest absolute Gasteiger partial charge is 0.292 e. The van der Waals surface area contributed by atoms with Crippen LogP contribution in [-0.4, -0.2) is 30.2 Å². The van der Waals surface area contributed by atoms with E-state index in [9.17, 15) is 0 Å². The third-order valence-electron chi connectivity index (χ3n) is 6.68. The molecule has 3 aliphatic rings. The molecule has 0 saturated carbocycles. The molecule has 0 unspecified atom stereocenters. The van der Waals surface area contributed by atoms with Crippen molar-refractivity contribution in [2.75, 3.05) is 19.6 Å². The summed E-state index contributed by atoms with van der Waals surface area (Å²) in [5.41, 5.74) is 10.6. The van der Waals surface area contributed by atoms with Gasteiger partial charge in [0.1, 0.15) is 0 Å². The highest BCUT2D eigenvalue weighted by molar-refractivity contribution is 6.03. The van der Waals surface area contributed by atoms with Crippen LogP contribution in [-0.2, 0) is 12.8 Å². The summed E-state index contributed by atoms with van der Waals surface area (Å²) in [6.07, 6.45) is 5.64. The van der Waals surface area contributed by atoms with Crippen molar-refractivity contribution in [2.24, 2.45) is 4.99 Å². The van der Waals surface area contributed by atoms with Gasteiger partial charge in [0.15, 0.2) is 0 Å². The minimum Gasteiger partial charge on any atom is -0.292 e. The summed E-state index contributed by atoms with van der Waals surface area (Å²) in [6, 6.07) is 18.5. The van der Waals surface area contributed by atoms with E-state index in [-0.39, 0.29) is 0 Å². The monoisotopic (exact) mass is 356 g/mol. The second-order valence-electron chi connectivity index (χ2n) is 8.11. The molecule has 3 aliphatic heterocycles. The van der Waals surface area contributed by atoms with Gasteiger partial charge in [-0.1, -0.05) is 66.6 Å². The van der Waals surface area contributed by atoms with Crippen LogP contribution in [0.1, 0.15) is 54.5 Å². The summed E-state index contributed by atoms with van der Waals surface area (Å²) >= 11 is 0. The maximum Gasteiger partial charge on any atom is 0.0463 e. The Morgan fingerprint density at radius 1 is 0.963 bits per heavy atom. The van der Waals surface area contributed by atoms with Crippen LogP contribution in [0, 0.1) is 0 Å². The first-order chi connectivity index (χ1) is 13.3. The summed E-state index contributed by atoms with van der Waals surface area (Å²) in [5, 5.41) is 0. The van der Waals surface area contributed by atoms with Crippen molar-refractivity contribution in [1.29, 1.82) is 0 Å². The minimum atomic E-state index is 0.555. The normalized spacial score (nSPS) is 22.0. The molecule has 2 aromatic rings. The molecule has 0 amide bonds. The van der Waals surface area contributed by atoms with Gasteiger partial charge in [-0.3, -0.25) is 9.89 Å². The van der Waals surface area contributed by atoms with Crippen molar-refractivity contribution in [2.45, 2.75) is 45.1 Å². The molecular weight excluding hydrogens is 328 g/mol. The fraction of sp³-hybridized carbons (Fsp3) is 0.400. The fourth-order valence-electron chi connectivity index (χ4n) is 5.20. The number of aliphatic imine (C=N–C) groups is 1. The van der Waals surface area contributed by atoms with Crippen molar-refractivity contribution >= 4 is 5.71 Å². The Balaban J connectivity index is 1.47. The lowest BCUT2D eigenvalue weighted by atomic mass is 9.81. The van der Waals surface area contributed by atoms with Gasteiger partial charge in [0.25, 0.3) is 0 Å². The van der Waals surface area contributed by atoms with Crippen molar-refractivity contribution in [3.8, 4) is 0 Å². The standard InChI is InChI=1S/C25H28N2/c1-2-18-17-27-14-12-20-8-4-6-10-23(20)25(27)16-21(18)15-24-22-9-5-3-7-19(22)11-13-26-24/h3-10,25H,2,11-17H2,1H3/t25-/m0/s1. The Kier molecular flexibility index (Phi) is 4.45. The lowest BCUT2D eigenvalue weighted by Gasteiger charge is -2.42. The molecule has 138 valence electrons. The summed E-state index contributed by atoms with van der Waals surface area (Å²) in [6.45, 7) is 5.60. The smallest absolute Gasteiger partial charge is 0.0463 e. The molecule has 3 heterocycles. The second-order valence-corrected chi connectivity index (χ2v) is 8.11. The van der Waals surface area contributed by atoms with Crippen LogP contribution >= 0.6 is 0 Å². The molecule has 0 aliphatic carbocycles. The Labute approximate surface area is 162 Å². The first kappa shape index (κ1) is 16.9. The second kappa shape index (κ2) is 7.09. The van der Waals surface area contributed by atoms with Gasteiger partial charge in [0.2, 0.25) is 0 Å². The molecule has 5 rings (SSSR count). The van der Waals surface area contributed by atoms with Crippen LogP contribution in [0.3, 0.4) is 0 Å². The molecule has 0 saturated heterocycles. The molecule has 0 spiro atoms. The Hall–Kier alpha value is -2.19. The first-order valence-electron chi connectivity index (χ1n) is 10.5. The van der Waals surface area contributed by atoms with E-state index in [1.807, 2.05) is 0 Å². The first-order valence-corrected chi connectivity index (χ1v) is 10.5. The maximum absolute atomic E-state index is 4.95. The highest BCUT2D eigenvalue weighted by Crippen LogP contribution is 2.41. The molecular formula is C25H28N2. The van der Waals surface area contributed by atoms with E-state index in [0.29, 0.717) is 6.04 Å². The number of hydrogen-bond donors (Lipinski definition) is 0. The zero-order valence-corrected chi connectivity index (χ0v) is 16.2. The topological polar surface area (TPSA) is 15.6 Å². The van der Waals surface area contributed by atoms with Gasteiger partial charge in [-0.05, 0) is 47.9 Å². The van der Waals surface area contributed by atoms with Gasteiger partial charge >= 0.3 is 0 Å². The number of nitrogens with zero attached hydrogens (tertiary/aromatic N) is 2. The molecule has 2 heteroatoms. The molecule has 2 aromatic carbocycles.